The zero-order valence-corrected chi connectivity index (χ0v) is 15.5. The highest BCUT2D eigenvalue weighted by atomic mass is 35.5. The summed E-state index contributed by atoms with van der Waals surface area (Å²) in [5, 5.41) is 2.87. The molecule has 1 aliphatic carbocycles. The first-order chi connectivity index (χ1) is 11.1. The number of rotatable bonds is 5. The zero-order chi connectivity index (χ0) is 18.1. The summed E-state index contributed by atoms with van der Waals surface area (Å²) < 4.78 is 24.7. The number of benzene rings is 1. The van der Waals surface area contributed by atoms with Crippen LogP contribution in [0.5, 0.6) is 5.75 Å². The molecular weight excluding hydrogens is 333 g/mol. The number of carbonyl (C=O) groups is 1. The number of ether oxygens (including phenoxy) is 2. The van der Waals surface area contributed by atoms with Gasteiger partial charge in [0, 0.05) is 12.6 Å². The van der Waals surface area contributed by atoms with Crippen molar-refractivity contribution in [3.8, 4) is 5.75 Å². The van der Waals surface area contributed by atoms with Crippen molar-refractivity contribution in [2.75, 3.05) is 6.54 Å². The van der Waals surface area contributed by atoms with Crippen molar-refractivity contribution in [1.29, 1.82) is 0 Å². The molecule has 1 aliphatic rings. The van der Waals surface area contributed by atoms with E-state index in [2.05, 4.69) is 5.32 Å². The third kappa shape index (κ3) is 5.26. The maximum atomic E-state index is 13.7. The summed E-state index contributed by atoms with van der Waals surface area (Å²) in [6, 6.07) is 2.97. The lowest BCUT2D eigenvalue weighted by molar-refractivity contribution is 0.0525. The van der Waals surface area contributed by atoms with Crippen molar-refractivity contribution in [3.05, 3.63) is 28.5 Å². The number of hydrogen-bond donors (Lipinski definition) is 1. The van der Waals surface area contributed by atoms with Gasteiger partial charge in [0.2, 0.25) is 0 Å². The van der Waals surface area contributed by atoms with Gasteiger partial charge in [0.25, 0.3) is 0 Å². The quantitative estimate of drug-likeness (QED) is 0.815. The van der Waals surface area contributed by atoms with E-state index in [0.717, 1.165) is 12.0 Å². The van der Waals surface area contributed by atoms with Crippen LogP contribution in [0.4, 0.5) is 9.18 Å². The van der Waals surface area contributed by atoms with E-state index in [9.17, 15) is 9.18 Å². The Labute approximate surface area is 147 Å². The SMILES string of the molecule is CC(C)Oc1cc(F)c(Cl)cc1C1CC1CNC(=O)OC(C)(C)C. The third-order valence-electron chi connectivity index (χ3n) is 3.64. The highest BCUT2D eigenvalue weighted by Gasteiger charge is 2.41. The first kappa shape index (κ1) is 18.8. The summed E-state index contributed by atoms with van der Waals surface area (Å²) in [5.41, 5.74) is 0.376. The molecule has 0 saturated heterocycles. The Morgan fingerprint density at radius 1 is 1.42 bits per heavy atom. The Bertz CT molecular complexity index is 613. The Hall–Kier alpha value is -1.49. The van der Waals surface area contributed by atoms with Crippen molar-refractivity contribution in [2.24, 2.45) is 5.92 Å². The van der Waals surface area contributed by atoms with E-state index in [1.165, 1.54) is 6.07 Å². The summed E-state index contributed by atoms with van der Waals surface area (Å²) in [6.07, 6.45) is 0.414. The maximum absolute atomic E-state index is 13.7. The lowest BCUT2D eigenvalue weighted by Crippen LogP contribution is -2.33. The van der Waals surface area contributed by atoms with Gasteiger partial charge in [-0.05, 0) is 64.5 Å². The van der Waals surface area contributed by atoms with Crippen molar-refractivity contribution in [3.63, 3.8) is 0 Å². The molecule has 0 heterocycles. The fourth-order valence-electron chi connectivity index (χ4n) is 2.57. The van der Waals surface area contributed by atoms with Crippen molar-refractivity contribution in [2.45, 2.75) is 58.7 Å². The standard InChI is InChI=1S/C18H25ClFNO3/c1-10(2)23-16-8-15(20)14(19)7-13(16)12-6-11(12)9-21-17(22)24-18(3,4)5/h7-8,10-12H,6,9H2,1-5H3,(H,21,22). The monoisotopic (exact) mass is 357 g/mol. The Balaban J connectivity index is 1.99. The van der Waals surface area contributed by atoms with E-state index < -0.39 is 17.5 Å². The van der Waals surface area contributed by atoms with Crippen LogP contribution >= 0.6 is 11.6 Å². The first-order valence-electron chi connectivity index (χ1n) is 8.19. The van der Waals surface area contributed by atoms with Crippen LogP contribution in [-0.2, 0) is 4.74 Å². The van der Waals surface area contributed by atoms with Crippen LogP contribution < -0.4 is 10.1 Å². The fraction of sp³-hybridized carbons (Fsp3) is 0.611. The van der Waals surface area contributed by atoms with E-state index in [1.807, 2.05) is 34.6 Å². The number of hydrogen-bond acceptors (Lipinski definition) is 3. The van der Waals surface area contributed by atoms with Crippen LogP contribution in [-0.4, -0.2) is 24.3 Å². The molecule has 1 aromatic carbocycles. The molecule has 1 aromatic rings. The molecule has 1 saturated carbocycles. The van der Waals surface area contributed by atoms with Gasteiger partial charge in [0.15, 0.2) is 0 Å². The number of halogens is 2. The second-order valence-electron chi connectivity index (χ2n) is 7.46. The second kappa shape index (κ2) is 7.18. The highest BCUT2D eigenvalue weighted by Crippen LogP contribution is 2.51. The van der Waals surface area contributed by atoms with Gasteiger partial charge in [-0.15, -0.1) is 0 Å². The molecule has 134 valence electrons. The molecule has 0 aliphatic heterocycles. The van der Waals surface area contributed by atoms with Crippen molar-refractivity contribution in [1.82, 2.24) is 5.32 Å². The summed E-state index contributed by atoms with van der Waals surface area (Å²) in [5.74, 6) is 0.511. The molecule has 2 atom stereocenters. The molecule has 0 radical (unpaired) electrons. The second-order valence-corrected chi connectivity index (χ2v) is 7.86. The maximum Gasteiger partial charge on any atom is 0.407 e. The van der Waals surface area contributed by atoms with Gasteiger partial charge >= 0.3 is 6.09 Å². The molecule has 24 heavy (non-hydrogen) atoms. The zero-order valence-electron chi connectivity index (χ0n) is 14.8. The number of alkyl carbamates (subject to hydrolysis) is 1. The van der Waals surface area contributed by atoms with Crippen LogP contribution in [0.3, 0.4) is 0 Å². The van der Waals surface area contributed by atoms with E-state index in [1.54, 1.807) is 6.07 Å². The average molecular weight is 358 g/mol. The first-order valence-corrected chi connectivity index (χ1v) is 8.57. The lowest BCUT2D eigenvalue weighted by atomic mass is 10.1. The normalized spacial score (nSPS) is 20.0. The minimum atomic E-state index is -0.518. The van der Waals surface area contributed by atoms with Gasteiger partial charge in [-0.2, -0.15) is 0 Å². The topological polar surface area (TPSA) is 47.6 Å². The Kier molecular flexibility index (Phi) is 5.63. The molecule has 2 rings (SSSR count). The summed E-state index contributed by atoms with van der Waals surface area (Å²) in [6.45, 7) is 9.76. The third-order valence-corrected chi connectivity index (χ3v) is 3.93. The van der Waals surface area contributed by atoms with E-state index in [0.29, 0.717) is 12.3 Å². The van der Waals surface area contributed by atoms with Gasteiger partial charge in [0.1, 0.15) is 17.2 Å². The Morgan fingerprint density at radius 2 is 2.08 bits per heavy atom. The Morgan fingerprint density at radius 3 is 2.67 bits per heavy atom. The van der Waals surface area contributed by atoms with Crippen molar-refractivity contribution >= 4 is 17.7 Å². The molecular formula is C18H25ClFNO3. The van der Waals surface area contributed by atoms with E-state index in [4.69, 9.17) is 21.1 Å². The van der Waals surface area contributed by atoms with Crippen LogP contribution in [0.1, 0.15) is 52.5 Å². The van der Waals surface area contributed by atoms with Crippen LogP contribution in [0.15, 0.2) is 12.1 Å². The highest BCUT2D eigenvalue weighted by molar-refractivity contribution is 6.30. The molecule has 1 N–H and O–H groups in total. The van der Waals surface area contributed by atoms with Gasteiger partial charge < -0.3 is 14.8 Å². The minimum absolute atomic E-state index is 0.0542. The van der Waals surface area contributed by atoms with Gasteiger partial charge in [-0.1, -0.05) is 11.6 Å². The average Bonchev–Trinajstić information content (AvgIpc) is 3.17. The number of carbonyl (C=O) groups excluding carboxylic acids is 1. The lowest BCUT2D eigenvalue weighted by Gasteiger charge is -2.19. The van der Waals surface area contributed by atoms with Crippen LogP contribution in [0, 0.1) is 11.7 Å². The molecule has 2 unspecified atom stereocenters. The van der Waals surface area contributed by atoms with E-state index >= 15 is 0 Å². The molecule has 0 bridgehead atoms. The number of amides is 1. The molecule has 1 amide bonds. The summed E-state index contributed by atoms with van der Waals surface area (Å²) in [4.78, 5) is 11.7. The predicted molar refractivity (Wildman–Crippen MR) is 92.3 cm³/mol. The van der Waals surface area contributed by atoms with Crippen LogP contribution in [0.25, 0.3) is 0 Å². The molecule has 4 nitrogen and oxygen atoms in total. The van der Waals surface area contributed by atoms with Crippen molar-refractivity contribution < 1.29 is 18.7 Å². The molecule has 0 aromatic heterocycles. The minimum Gasteiger partial charge on any atom is -0.491 e. The summed E-state index contributed by atoms with van der Waals surface area (Å²) in [7, 11) is 0. The summed E-state index contributed by atoms with van der Waals surface area (Å²) >= 11 is 5.92. The van der Waals surface area contributed by atoms with Crippen LogP contribution in [0.2, 0.25) is 5.02 Å². The number of nitrogens with one attached hydrogen (secondary N) is 1. The van der Waals surface area contributed by atoms with Gasteiger partial charge in [0.05, 0.1) is 11.1 Å². The predicted octanol–water partition coefficient (Wildman–Crippen LogP) is 4.89. The van der Waals surface area contributed by atoms with Gasteiger partial charge in [-0.3, -0.25) is 0 Å². The van der Waals surface area contributed by atoms with E-state index in [-0.39, 0.29) is 23.0 Å². The molecule has 1 fully saturated rings. The smallest absolute Gasteiger partial charge is 0.407 e. The largest absolute Gasteiger partial charge is 0.491 e. The van der Waals surface area contributed by atoms with Gasteiger partial charge in [-0.25, -0.2) is 9.18 Å². The fourth-order valence-corrected chi connectivity index (χ4v) is 2.74. The molecule has 0 spiro atoms. The molecule has 6 heteroatoms.